The lowest BCUT2D eigenvalue weighted by atomic mass is 10.1. The van der Waals surface area contributed by atoms with Crippen molar-refractivity contribution >= 4 is 5.91 Å². The van der Waals surface area contributed by atoms with E-state index >= 15 is 0 Å². The summed E-state index contributed by atoms with van der Waals surface area (Å²) in [6, 6.07) is 5.71. The van der Waals surface area contributed by atoms with E-state index in [1.54, 1.807) is 29.5 Å². The molecule has 2 aliphatic heterocycles. The number of ether oxygens (including phenoxy) is 2. The van der Waals surface area contributed by atoms with Crippen molar-refractivity contribution < 1.29 is 14.3 Å². The van der Waals surface area contributed by atoms with Crippen molar-refractivity contribution in [3.63, 3.8) is 0 Å². The summed E-state index contributed by atoms with van der Waals surface area (Å²) in [6.07, 6.45) is 5.21. The molecule has 0 unspecified atom stereocenters. The van der Waals surface area contributed by atoms with Crippen LogP contribution in [0.2, 0.25) is 0 Å². The lowest BCUT2D eigenvalue weighted by Crippen LogP contribution is -2.43. The zero-order valence-electron chi connectivity index (χ0n) is 17.5. The van der Waals surface area contributed by atoms with Crippen LogP contribution in [0, 0.1) is 5.92 Å². The number of nitrogens with zero attached hydrogens (tertiary/aromatic N) is 4. The Bertz CT molecular complexity index is 1000. The maximum absolute atomic E-state index is 13.3. The summed E-state index contributed by atoms with van der Waals surface area (Å²) in [7, 11) is 3.21. The number of carbonyl (C=O) groups is 1. The van der Waals surface area contributed by atoms with Crippen molar-refractivity contribution in [2.45, 2.75) is 63.7 Å². The highest BCUT2D eigenvalue weighted by Gasteiger charge is 2.41. The van der Waals surface area contributed by atoms with Gasteiger partial charge in [0.15, 0.2) is 0 Å². The minimum Gasteiger partial charge on any atom is -0.497 e. The van der Waals surface area contributed by atoms with Gasteiger partial charge in [0, 0.05) is 31.6 Å². The molecule has 0 N–H and O–H groups in total. The van der Waals surface area contributed by atoms with Crippen LogP contribution in [-0.2, 0) is 30.7 Å². The van der Waals surface area contributed by atoms with Gasteiger partial charge in [-0.05, 0) is 49.3 Å². The lowest BCUT2D eigenvalue weighted by Gasteiger charge is -2.28. The van der Waals surface area contributed by atoms with Gasteiger partial charge >= 0.3 is 5.69 Å². The highest BCUT2D eigenvalue weighted by molar-refractivity contribution is 5.80. The van der Waals surface area contributed by atoms with Crippen molar-refractivity contribution in [3.8, 4) is 11.5 Å². The molecular formula is C22H28N4O4. The molecule has 1 amide bonds. The third-order valence-corrected chi connectivity index (χ3v) is 6.61. The normalized spacial score (nSPS) is 22.5. The molecule has 1 aliphatic carbocycles. The van der Waals surface area contributed by atoms with E-state index in [1.165, 1.54) is 12.8 Å². The molecule has 8 nitrogen and oxygen atoms in total. The van der Waals surface area contributed by atoms with Crippen molar-refractivity contribution in [3.05, 3.63) is 40.1 Å². The number of fused-ring (bicyclic) bond motifs is 3. The molecule has 160 valence electrons. The van der Waals surface area contributed by atoms with E-state index in [9.17, 15) is 9.59 Å². The molecule has 3 aliphatic rings. The summed E-state index contributed by atoms with van der Waals surface area (Å²) in [5.41, 5.74) is 0.846. The number of methoxy groups -OCH3 is 2. The molecule has 2 fully saturated rings. The Morgan fingerprint density at radius 2 is 1.77 bits per heavy atom. The number of hydrogen-bond donors (Lipinski definition) is 0. The van der Waals surface area contributed by atoms with Crippen LogP contribution in [0.25, 0.3) is 0 Å². The van der Waals surface area contributed by atoms with E-state index in [4.69, 9.17) is 9.47 Å². The number of hydrogen-bond acceptors (Lipinski definition) is 5. The first-order valence-corrected chi connectivity index (χ1v) is 10.8. The number of aromatic nitrogens is 3. The van der Waals surface area contributed by atoms with Crippen molar-refractivity contribution in [1.29, 1.82) is 0 Å². The smallest absolute Gasteiger partial charge is 0.345 e. The Morgan fingerprint density at radius 1 is 1.07 bits per heavy atom. The first-order valence-electron chi connectivity index (χ1n) is 10.8. The Balaban J connectivity index is 1.36. The van der Waals surface area contributed by atoms with Gasteiger partial charge in [-0.3, -0.25) is 9.36 Å². The molecule has 0 radical (unpaired) electrons. The minimum atomic E-state index is -0.0191. The van der Waals surface area contributed by atoms with Gasteiger partial charge in [0.1, 0.15) is 17.3 Å². The first kappa shape index (κ1) is 19.2. The molecule has 2 atom stereocenters. The number of rotatable bonds is 6. The second kappa shape index (κ2) is 7.49. The Hall–Kier alpha value is -2.77. The van der Waals surface area contributed by atoms with Crippen molar-refractivity contribution in [1.82, 2.24) is 19.2 Å². The summed E-state index contributed by atoms with van der Waals surface area (Å²) in [5, 5.41) is 4.63. The van der Waals surface area contributed by atoms with Gasteiger partial charge in [0.05, 0.1) is 26.7 Å². The summed E-state index contributed by atoms with van der Waals surface area (Å²) in [6.45, 7) is 1.27. The highest BCUT2D eigenvalue weighted by Crippen LogP contribution is 2.33. The van der Waals surface area contributed by atoms with Crippen LogP contribution in [-0.4, -0.2) is 51.5 Å². The van der Waals surface area contributed by atoms with E-state index < -0.39 is 0 Å². The van der Waals surface area contributed by atoms with Crippen molar-refractivity contribution in [2.75, 3.05) is 14.2 Å². The Kier molecular flexibility index (Phi) is 4.79. The molecule has 1 saturated heterocycles. The van der Waals surface area contributed by atoms with Gasteiger partial charge in [0.25, 0.3) is 0 Å². The monoisotopic (exact) mass is 412 g/mol. The van der Waals surface area contributed by atoms with Crippen LogP contribution >= 0.6 is 0 Å². The molecule has 1 aromatic carbocycles. The SMILES string of the molecule is COc1cc(CC(=O)N2[C@@H]3CC[C@H]2Cc2nn(CC4CC4)c(=O)n2C3)cc(OC)c1. The summed E-state index contributed by atoms with van der Waals surface area (Å²) in [5.74, 6) is 2.87. The van der Waals surface area contributed by atoms with Crippen LogP contribution in [0.15, 0.2) is 23.0 Å². The number of carbonyl (C=O) groups excluding carboxylic acids is 1. The fraction of sp³-hybridized carbons (Fsp3) is 0.591. The maximum Gasteiger partial charge on any atom is 0.345 e. The van der Waals surface area contributed by atoms with Crippen LogP contribution < -0.4 is 15.2 Å². The van der Waals surface area contributed by atoms with E-state index in [0.29, 0.717) is 30.4 Å². The van der Waals surface area contributed by atoms with E-state index in [0.717, 1.165) is 30.8 Å². The molecule has 5 rings (SSSR count). The molecule has 1 saturated carbocycles. The van der Waals surface area contributed by atoms with Gasteiger partial charge in [-0.25, -0.2) is 9.48 Å². The predicted molar refractivity (Wildman–Crippen MR) is 110 cm³/mol. The number of amides is 1. The van der Waals surface area contributed by atoms with Crippen LogP contribution in [0.1, 0.15) is 37.1 Å². The zero-order chi connectivity index (χ0) is 20.8. The van der Waals surface area contributed by atoms with Gasteiger partial charge < -0.3 is 14.4 Å². The fourth-order valence-electron chi connectivity index (χ4n) is 4.89. The molecule has 0 spiro atoms. The Labute approximate surface area is 175 Å². The average molecular weight is 412 g/mol. The highest BCUT2D eigenvalue weighted by atomic mass is 16.5. The van der Waals surface area contributed by atoms with Crippen LogP contribution in [0.3, 0.4) is 0 Å². The largest absolute Gasteiger partial charge is 0.497 e. The molecule has 2 bridgehead atoms. The fourth-order valence-corrected chi connectivity index (χ4v) is 4.89. The third kappa shape index (κ3) is 3.48. The standard InChI is InChI=1S/C22H28N4O4/c1-29-18-7-15(8-19(11-18)30-2)9-21(27)26-16-5-6-17(26)13-24-20(10-16)23-25(22(24)28)12-14-3-4-14/h7-8,11,14,16-17H,3-6,9-10,12-13H2,1-2H3/t16-,17+/m0/s1. The average Bonchev–Trinajstić information content (AvgIpc) is 3.43. The lowest BCUT2D eigenvalue weighted by molar-refractivity contribution is -0.133. The second-order valence-electron chi connectivity index (χ2n) is 8.72. The van der Waals surface area contributed by atoms with Gasteiger partial charge in [-0.1, -0.05) is 0 Å². The second-order valence-corrected chi connectivity index (χ2v) is 8.72. The molecule has 8 heteroatoms. The van der Waals surface area contributed by atoms with E-state index in [2.05, 4.69) is 5.10 Å². The van der Waals surface area contributed by atoms with Gasteiger partial charge in [-0.2, -0.15) is 5.10 Å². The molecular weight excluding hydrogens is 384 g/mol. The minimum absolute atomic E-state index is 0.0191. The topological polar surface area (TPSA) is 78.6 Å². The van der Waals surface area contributed by atoms with E-state index in [1.807, 2.05) is 17.0 Å². The molecule has 2 aromatic rings. The van der Waals surface area contributed by atoms with Gasteiger partial charge in [-0.15, -0.1) is 0 Å². The van der Waals surface area contributed by atoms with Crippen LogP contribution in [0.5, 0.6) is 11.5 Å². The summed E-state index contributed by atoms with van der Waals surface area (Å²) >= 11 is 0. The predicted octanol–water partition coefficient (Wildman–Crippen LogP) is 1.63. The zero-order valence-corrected chi connectivity index (χ0v) is 17.5. The van der Waals surface area contributed by atoms with Crippen LogP contribution in [0.4, 0.5) is 0 Å². The van der Waals surface area contributed by atoms with Gasteiger partial charge in [0.2, 0.25) is 5.91 Å². The quantitative estimate of drug-likeness (QED) is 0.721. The first-order chi connectivity index (χ1) is 14.6. The van der Waals surface area contributed by atoms with E-state index in [-0.39, 0.29) is 30.1 Å². The van der Waals surface area contributed by atoms with Crippen molar-refractivity contribution in [2.24, 2.45) is 5.92 Å². The summed E-state index contributed by atoms with van der Waals surface area (Å²) in [4.78, 5) is 28.1. The molecule has 1 aromatic heterocycles. The molecule has 3 heterocycles. The summed E-state index contributed by atoms with van der Waals surface area (Å²) < 4.78 is 14.1. The Morgan fingerprint density at radius 3 is 2.43 bits per heavy atom. The molecule has 30 heavy (non-hydrogen) atoms. The third-order valence-electron chi connectivity index (χ3n) is 6.61. The maximum atomic E-state index is 13.3. The number of benzene rings is 1.